The molecule has 0 saturated carbocycles. The van der Waals surface area contributed by atoms with Crippen LogP contribution in [0.5, 0.6) is 5.75 Å². The molecule has 0 aliphatic heterocycles. The number of nitrogens with zero attached hydrogens (tertiary/aromatic N) is 5. The molecule has 0 aliphatic carbocycles. The summed E-state index contributed by atoms with van der Waals surface area (Å²) in [6.07, 6.45) is 3.25. The summed E-state index contributed by atoms with van der Waals surface area (Å²) in [5.74, 6) is 0.966. The molecule has 7 heteroatoms. The van der Waals surface area contributed by atoms with Gasteiger partial charge in [0.25, 0.3) is 0 Å². The molecule has 18 heavy (non-hydrogen) atoms. The second-order valence-electron chi connectivity index (χ2n) is 3.76. The van der Waals surface area contributed by atoms with Gasteiger partial charge in [-0.25, -0.2) is 0 Å². The molecule has 0 fully saturated rings. The monoisotopic (exact) mass is 242 g/mol. The molecule has 2 aromatic heterocycles. The second kappa shape index (κ2) is 4.28. The Kier molecular flexibility index (Phi) is 2.49. The quantitative estimate of drug-likeness (QED) is 0.707. The Hall–Kier alpha value is -2.70. The third kappa shape index (κ3) is 1.93. The lowest BCUT2D eigenvalue weighted by Crippen LogP contribution is -2.05. The van der Waals surface area contributed by atoms with Gasteiger partial charge in [-0.2, -0.15) is 4.52 Å². The highest BCUT2D eigenvalue weighted by atomic mass is 16.3. The number of fused-ring (bicyclic) bond motifs is 1. The number of phenols is 1. The van der Waals surface area contributed by atoms with Crippen molar-refractivity contribution in [2.45, 2.75) is 6.54 Å². The van der Waals surface area contributed by atoms with Gasteiger partial charge in [0.05, 0.1) is 12.4 Å². The van der Waals surface area contributed by atoms with Crippen LogP contribution in [0.1, 0.15) is 5.56 Å². The number of phenolic OH excluding ortho intramolecular Hbond substituents is 1. The molecule has 2 heterocycles. The third-order valence-corrected chi connectivity index (χ3v) is 2.52. The van der Waals surface area contributed by atoms with Crippen LogP contribution >= 0.6 is 0 Å². The molecule has 0 atom stereocenters. The minimum atomic E-state index is 0.253. The van der Waals surface area contributed by atoms with E-state index >= 15 is 0 Å². The zero-order valence-corrected chi connectivity index (χ0v) is 9.35. The van der Waals surface area contributed by atoms with Crippen LogP contribution in [0, 0.1) is 0 Å². The number of nitrogens with one attached hydrogen (secondary N) is 1. The molecule has 0 bridgehead atoms. The largest absolute Gasteiger partial charge is 0.508 e. The summed E-state index contributed by atoms with van der Waals surface area (Å²) < 4.78 is 1.58. The van der Waals surface area contributed by atoms with E-state index in [1.807, 2.05) is 12.1 Å². The first kappa shape index (κ1) is 10.5. The van der Waals surface area contributed by atoms with E-state index in [1.165, 1.54) is 0 Å². The van der Waals surface area contributed by atoms with Crippen LogP contribution in [-0.2, 0) is 6.54 Å². The molecular weight excluding hydrogens is 232 g/mol. The molecule has 0 radical (unpaired) electrons. The van der Waals surface area contributed by atoms with Crippen LogP contribution < -0.4 is 5.32 Å². The fourth-order valence-electron chi connectivity index (χ4n) is 1.60. The molecule has 3 rings (SSSR count). The fraction of sp³-hybridized carbons (Fsp3) is 0.0909. The minimum Gasteiger partial charge on any atom is -0.508 e. The van der Waals surface area contributed by atoms with Gasteiger partial charge in [-0.05, 0) is 28.1 Å². The maximum Gasteiger partial charge on any atom is 0.199 e. The van der Waals surface area contributed by atoms with Crippen LogP contribution in [0.25, 0.3) is 5.65 Å². The number of anilines is 1. The van der Waals surface area contributed by atoms with Gasteiger partial charge in [-0.15, -0.1) is 5.10 Å². The molecular formula is C11H10N6O. The van der Waals surface area contributed by atoms with E-state index in [9.17, 15) is 5.11 Å². The first-order chi connectivity index (χ1) is 8.83. The number of hydrogen-bond acceptors (Lipinski definition) is 6. The Morgan fingerprint density at radius 1 is 1.17 bits per heavy atom. The highest BCUT2D eigenvalue weighted by Crippen LogP contribution is 2.12. The van der Waals surface area contributed by atoms with E-state index in [0.29, 0.717) is 18.0 Å². The highest BCUT2D eigenvalue weighted by Gasteiger charge is 2.03. The van der Waals surface area contributed by atoms with E-state index in [2.05, 4.69) is 25.8 Å². The van der Waals surface area contributed by atoms with Crippen molar-refractivity contribution in [1.82, 2.24) is 25.0 Å². The van der Waals surface area contributed by atoms with Crippen molar-refractivity contribution in [2.75, 3.05) is 5.32 Å². The Morgan fingerprint density at radius 2 is 2.00 bits per heavy atom. The standard InChI is InChI=1S/C11H10N6O/c18-9-3-1-8(2-4-9)5-13-10-6-12-7-11-14-15-16-17(10)11/h1-4,6-7,13,18H,5H2. The molecule has 2 N–H and O–H groups in total. The molecule has 0 unspecified atom stereocenters. The van der Waals surface area contributed by atoms with Gasteiger partial charge in [-0.3, -0.25) is 4.98 Å². The highest BCUT2D eigenvalue weighted by molar-refractivity contribution is 5.44. The summed E-state index contributed by atoms with van der Waals surface area (Å²) in [6.45, 7) is 0.598. The number of aromatic hydroxyl groups is 1. The summed E-state index contributed by atoms with van der Waals surface area (Å²) in [6, 6.07) is 6.98. The van der Waals surface area contributed by atoms with E-state index in [-0.39, 0.29) is 5.75 Å². The van der Waals surface area contributed by atoms with Crippen molar-refractivity contribution in [2.24, 2.45) is 0 Å². The van der Waals surface area contributed by atoms with E-state index in [1.54, 1.807) is 29.0 Å². The lowest BCUT2D eigenvalue weighted by Gasteiger charge is -2.06. The topological polar surface area (TPSA) is 88.2 Å². The zero-order chi connectivity index (χ0) is 12.4. The predicted octanol–water partition coefficient (Wildman–Crippen LogP) is 0.837. The average molecular weight is 242 g/mol. The third-order valence-electron chi connectivity index (χ3n) is 2.52. The maximum absolute atomic E-state index is 9.19. The van der Waals surface area contributed by atoms with Crippen LogP contribution in [0.3, 0.4) is 0 Å². The number of tetrazole rings is 1. The van der Waals surface area contributed by atoms with Crippen LogP contribution in [-0.4, -0.2) is 30.1 Å². The van der Waals surface area contributed by atoms with Crippen molar-refractivity contribution in [1.29, 1.82) is 0 Å². The second-order valence-corrected chi connectivity index (χ2v) is 3.76. The molecule has 90 valence electrons. The molecule has 1 aromatic carbocycles. The van der Waals surface area contributed by atoms with Gasteiger partial charge in [0.2, 0.25) is 0 Å². The summed E-state index contributed by atoms with van der Waals surface area (Å²) >= 11 is 0. The minimum absolute atomic E-state index is 0.253. The van der Waals surface area contributed by atoms with Crippen LogP contribution in [0.15, 0.2) is 36.7 Å². The van der Waals surface area contributed by atoms with Crippen LogP contribution in [0.2, 0.25) is 0 Å². The van der Waals surface area contributed by atoms with E-state index in [4.69, 9.17) is 0 Å². The Bertz CT molecular complexity index is 663. The SMILES string of the molecule is Oc1ccc(CNc2cncc3nnnn23)cc1. The average Bonchev–Trinajstić information content (AvgIpc) is 2.87. The first-order valence-corrected chi connectivity index (χ1v) is 5.37. The Morgan fingerprint density at radius 3 is 2.83 bits per heavy atom. The van der Waals surface area contributed by atoms with Crippen molar-refractivity contribution in [3.8, 4) is 5.75 Å². The zero-order valence-electron chi connectivity index (χ0n) is 9.35. The van der Waals surface area contributed by atoms with Gasteiger partial charge in [0.15, 0.2) is 11.5 Å². The van der Waals surface area contributed by atoms with Crippen molar-refractivity contribution in [3.05, 3.63) is 42.2 Å². The van der Waals surface area contributed by atoms with Crippen molar-refractivity contribution >= 4 is 11.5 Å². The number of benzene rings is 1. The molecule has 7 nitrogen and oxygen atoms in total. The molecule has 0 spiro atoms. The lowest BCUT2D eigenvalue weighted by molar-refractivity contribution is 0.475. The summed E-state index contributed by atoms with van der Waals surface area (Å²) in [4.78, 5) is 4.05. The fourth-order valence-corrected chi connectivity index (χ4v) is 1.60. The summed E-state index contributed by atoms with van der Waals surface area (Å²) in [5, 5.41) is 23.6. The molecule has 0 amide bonds. The summed E-state index contributed by atoms with van der Waals surface area (Å²) in [7, 11) is 0. The number of aromatic nitrogens is 5. The Balaban J connectivity index is 1.80. The van der Waals surface area contributed by atoms with Gasteiger partial charge >= 0.3 is 0 Å². The first-order valence-electron chi connectivity index (χ1n) is 5.37. The van der Waals surface area contributed by atoms with Gasteiger partial charge in [-0.1, -0.05) is 12.1 Å². The Labute approximate surface area is 102 Å². The molecule has 0 saturated heterocycles. The molecule has 3 aromatic rings. The number of hydrogen-bond donors (Lipinski definition) is 2. The number of rotatable bonds is 3. The van der Waals surface area contributed by atoms with E-state index in [0.717, 1.165) is 5.56 Å². The van der Waals surface area contributed by atoms with Crippen LogP contribution in [0.4, 0.5) is 5.82 Å². The van der Waals surface area contributed by atoms with Gasteiger partial charge in [0.1, 0.15) is 5.75 Å². The van der Waals surface area contributed by atoms with Gasteiger partial charge in [0, 0.05) is 6.54 Å². The predicted molar refractivity (Wildman–Crippen MR) is 64.0 cm³/mol. The summed E-state index contributed by atoms with van der Waals surface area (Å²) in [5.41, 5.74) is 1.63. The normalized spacial score (nSPS) is 10.7. The van der Waals surface area contributed by atoms with E-state index < -0.39 is 0 Å². The molecule has 0 aliphatic rings. The van der Waals surface area contributed by atoms with Gasteiger partial charge < -0.3 is 10.4 Å². The smallest absolute Gasteiger partial charge is 0.199 e. The van der Waals surface area contributed by atoms with Crippen molar-refractivity contribution < 1.29 is 5.11 Å². The maximum atomic E-state index is 9.19. The van der Waals surface area contributed by atoms with Crippen molar-refractivity contribution in [3.63, 3.8) is 0 Å². The lowest BCUT2D eigenvalue weighted by atomic mass is 10.2.